The highest BCUT2D eigenvalue weighted by molar-refractivity contribution is 5.37. The molecule has 0 amide bonds. The van der Waals surface area contributed by atoms with Gasteiger partial charge in [-0.25, -0.2) is 19.9 Å². The largest absolute Gasteiger partial charge is 0.368 e. The van der Waals surface area contributed by atoms with E-state index in [9.17, 15) is 0 Å². The fourth-order valence-electron chi connectivity index (χ4n) is 4.02. The first-order valence-corrected chi connectivity index (χ1v) is 8.05. The lowest BCUT2D eigenvalue weighted by Gasteiger charge is -2.40. The van der Waals surface area contributed by atoms with Gasteiger partial charge in [0.05, 0.1) is 5.69 Å². The number of nitrogens with zero attached hydrogens (tertiary/aromatic N) is 5. The smallest absolute Gasteiger partial charge is 0.220 e. The number of anilines is 2. The van der Waals surface area contributed by atoms with Gasteiger partial charge in [-0.15, -0.1) is 0 Å². The third kappa shape index (κ3) is 2.61. The molecule has 2 aromatic heterocycles. The van der Waals surface area contributed by atoms with Gasteiger partial charge in [-0.1, -0.05) is 0 Å². The van der Waals surface area contributed by atoms with E-state index in [1.54, 1.807) is 0 Å². The number of hydrogen-bond acceptors (Lipinski definition) is 7. The molecule has 0 radical (unpaired) electrons. The SMILES string of the molecule is Nc1ncc(CN2CCCC3(CCc4cnc(N)nc43)C2)cn1. The highest BCUT2D eigenvalue weighted by Crippen LogP contribution is 2.44. The maximum absolute atomic E-state index is 5.83. The van der Waals surface area contributed by atoms with Crippen LogP contribution in [0.1, 0.15) is 36.1 Å². The molecule has 4 N–H and O–H groups in total. The minimum absolute atomic E-state index is 0.124. The van der Waals surface area contributed by atoms with E-state index in [1.165, 1.54) is 24.1 Å². The second-order valence-corrected chi connectivity index (χ2v) is 6.65. The van der Waals surface area contributed by atoms with Crippen molar-refractivity contribution in [1.29, 1.82) is 0 Å². The number of nitrogen functional groups attached to an aromatic ring is 2. The zero-order chi connectivity index (χ0) is 15.9. The third-order valence-electron chi connectivity index (χ3n) is 5.05. The molecule has 1 spiro atoms. The summed E-state index contributed by atoms with van der Waals surface area (Å²) in [6, 6.07) is 0. The van der Waals surface area contributed by atoms with E-state index in [-0.39, 0.29) is 5.41 Å². The van der Waals surface area contributed by atoms with Crippen LogP contribution in [0.3, 0.4) is 0 Å². The lowest BCUT2D eigenvalue weighted by Crippen LogP contribution is -2.45. The average Bonchev–Trinajstić information content (AvgIpc) is 2.88. The van der Waals surface area contributed by atoms with Crippen LogP contribution in [0.5, 0.6) is 0 Å². The molecule has 0 bridgehead atoms. The van der Waals surface area contributed by atoms with Crippen molar-refractivity contribution in [1.82, 2.24) is 24.8 Å². The van der Waals surface area contributed by atoms with Crippen molar-refractivity contribution in [2.45, 2.75) is 37.6 Å². The summed E-state index contributed by atoms with van der Waals surface area (Å²) in [5, 5.41) is 0. The van der Waals surface area contributed by atoms with Gasteiger partial charge in [0.2, 0.25) is 11.9 Å². The predicted octanol–water partition coefficient (Wildman–Crippen LogP) is 0.911. The molecule has 1 aliphatic carbocycles. The van der Waals surface area contributed by atoms with Crippen molar-refractivity contribution in [3.63, 3.8) is 0 Å². The Morgan fingerprint density at radius 2 is 1.83 bits per heavy atom. The molecule has 0 saturated carbocycles. The zero-order valence-corrected chi connectivity index (χ0v) is 13.1. The molecule has 1 unspecified atom stereocenters. The van der Waals surface area contributed by atoms with Gasteiger partial charge < -0.3 is 11.5 Å². The molecule has 1 aliphatic heterocycles. The number of rotatable bonds is 2. The number of aromatic nitrogens is 4. The number of aryl methyl sites for hydroxylation is 1. The van der Waals surface area contributed by atoms with Crippen LogP contribution in [0.4, 0.5) is 11.9 Å². The van der Waals surface area contributed by atoms with Crippen LogP contribution in [-0.4, -0.2) is 37.9 Å². The van der Waals surface area contributed by atoms with E-state index in [0.717, 1.165) is 38.0 Å². The highest BCUT2D eigenvalue weighted by Gasteiger charge is 2.43. The summed E-state index contributed by atoms with van der Waals surface area (Å²) in [5.74, 6) is 0.704. The van der Waals surface area contributed by atoms with E-state index in [1.807, 2.05) is 18.6 Å². The van der Waals surface area contributed by atoms with Gasteiger partial charge in [-0.2, -0.15) is 0 Å². The summed E-state index contributed by atoms with van der Waals surface area (Å²) in [7, 11) is 0. The van der Waals surface area contributed by atoms with Crippen molar-refractivity contribution in [2.75, 3.05) is 24.6 Å². The van der Waals surface area contributed by atoms with E-state index in [0.29, 0.717) is 11.9 Å². The maximum atomic E-state index is 5.83. The Morgan fingerprint density at radius 3 is 2.65 bits per heavy atom. The van der Waals surface area contributed by atoms with Gasteiger partial charge in [-0.05, 0) is 37.8 Å². The molecule has 2 aromatic rings. The van der Waals surface area contributed by atoms with Crippen molar-refractivity contribution in [3.05, 3.63) is 35.4 Å². The fraction of sp³-hybridized carbons (Fsp3) is 0.500. The van der Waals surface area contributed by atoms with Crippen LogP contribution in [0.15, 0.2) is 18.6 Å². The van der Waals surface area contributed by atoms with Crippen LogP contribution < -0.4 is 11.5 Å². The quantitative estimate of drug-likeness (QED) is 0.849. The van der Waals surface area contributed by atoms with Crippen molar-refractivity contribution < 1.29 is 0 Å². The topological polar surface area (TPSA) is 107 Å². The Labute approximate surface area is 135 Å². The standard InChI is InChI=1S/C16H21N7/c17-14-19-6-11(7-20-14)9-23-5-1-3-16(10-23)4-2-12-8-21-15(18)22-13(12)16/h6-8H,1-5,9-10H2,(H2,17,19,20)(H2,18,21,22). The molecule has 1 fully saturated rings. The predicted molar refractivity (Wildman–Crippen MR) is 87.4 cm³/mol. The first-order valence-electron chi connectivity index (χ1n) is 8.05. The number of hydrogen-bond donors (Lipinski definition) is 2. The molecule has 4 rings (SSSR count). The van der Waals surface area contributed by atoms with Crippen molar-refractivity contribution in [2.24, 2.45) is 0 Å². The fourth-order valence-corrected chi connectivity index (χ4v) is 4.02. The Morgan fingerprint density at radius 1 is 1.04 bits per heavy atom. The normalized spacial score (nSPS) is 24.0. The number of likely N-dealkylation sites (tertiary alicyclic amines) is 1. The van der Waals surface area contributed by atoms with Crippen molar-refractivity contribution in [3.8, 4) is 0 Å². The monoisotopic (exact) mass is 311 g/mol. The summed E-state index contributed by atoms with van der Waals surface area (Å²) in [6.45, 7) is 2.93. The van der Waals surface area contributed by atoms with E-state index >= 15 is 0 Å². The second-order valence-electron chi connectivity index (χ2n) is 6.65. The van der Waals surface area contributed by atoms with Gasteiger partial charge >= 0.3 is 0 Å². The molecule has 120 valence electrons. The minimum atomic E-state index is 0.124. The molecule has 3 heterocycles. The van der Waals surface area contributed by atoms with Crippen LogP contribution >= 0.6 is 0 Å². The second kappa shape index (κ2) is 5.42. The number of nitrogens with two attached hydrogens (primary N) is 2. The Bertz CT molecular complexity index is 711. The van der Waals surface area contributed by atoms with Gasteiger partial charge in [0, 0.05) is 42.7 Å². The molecule has 1 saturated heterocycles. The summed E-state index contributed by atoms with van der Waals surface area (Å²) in [6.07, 6.45) is 10.0. The molecular formula is C16H21N7. The van der Waals surface area contributed by atoms with Crippen molar-refractivity contribution >= 4 is 11.9 Å². The third-order valence-corrected chi connectivity index (χ3v) is 5.05. The molecule has 7 heteroatoms. The maximum Gasteiger partial charge on any atom is 0.220 e. The zero-order valence-electron chi connectivity index (χ0n) is 13.1. The van der Waals surface area contributed by atoms with Gasteiger partial charge in [0.15, 0.2) is 0 Å². The lowest BCUT2D eigenvalue weighted by molar-refractivity contribution is 0.136. The average molecular weight is 311 g/mol. The highest BCUT2D eigenvalue weighted by atomic mass is 15.1. The molecule has 23 heavy (non-hydrogen) atoms. The van der Waals surface area contributed by atoms with Crippen LogP contribution in [0.2, 0.25) is 0 Å². The molecule has 2 aliphatic rings. The van der Waals surface area contributed by atoms with E-state index in [4.69, 9.17) is 11.5 Å². The number of piperidine rings is 1. The van der Waals surface area contributed by atoms with Crippen LogP contribution in [-0.2, 0) is 18.4 Å². The van der Waals surface area contributed by atoms with Gasteiger partial charge in [0.25, 0.3) is 0 Å². The molecular weight excluding hydrogens is 290 g/mol. The van der Waals surface area contributed by atoms with Gasteiger partial charge in [-0.3, -0.25) is 4.90 Å². The Kier molecular flexibility index (Phi) is 3.37. The summed E-state index contributed by atoms with van der Waals surface area (Å²) < 4.78 is 0. The van der Waals surface area contributed by atoms with Gasteiger partial charge in [0.1, 0.15) is 0 Å². The Hall–Kier alpha value is -2.28. The van der Waals surface area contributed by atoms with E-state index < -0.39 is 0 Å². The first-order chi connectivity index (χ1) is 11.1. The first kappa shape index (κ1) is 14.3. The van der Waals surface area contributed by atoms with Crippen LogP contribution in [0, 0.1) is 0 Å². The molecule has 1 atom stereocenters. The van der Waals surface area contributed by atoms with Crippen LogP contribution in [0.25, 0.3) is 0 Å². The summed E-state index contributed by atoms with van der Waals surface area (Å²) in [5.41, 5.74) is 15.0. The molecule has 0 aromatic carbocycles. The summed E-state index contributed by atoms with van der Waals surface area (Å²) in [4.78, 5) is 19.4. The Balaban J connectivity index is 1.56. The minimum Gasteiger partial charge on any atom is -0.368 e. The van der Waals surface area contributed by atoms with E-state index in [2.05, 4.69) is 24.8 Å². The summed E-state index contributed by atoms with van der Waals surface area (Å²) >= 11 is 0. The number of fused-ring (bicyclic) bond motifs is 2. The lowest BCUT2D eigenvalue weighted by atomic mass is 9.77. The molecule has 7 nitrogen and oxygen atoms in total.